The number of phenols is 1. The highest BCUT2D eigenvalue weighted by Gasteiger charge is 2.06. The van der Waals surface area contributed by atoms with E-state index in [0.29, 0.717) is 10.0 Å². The Kier molecular flexibility index (Phi) is 2.89. The molecule has 0 fully saturated rings. The van der Waals surface area contributed by atoms with Crippen molar-refractivity contribution >= 4 is 15.9 Å². The van der Waals surface area contributed by atoms with Crippen LogP contribution < -0.4 is 0 Å². The number of rotatable bonds is 1. The van der Waals surface area contributed by atoms with Gasteiger partial charge in [0.15, 0.2) is 0 Å². The number of nitrogens with zero attached hydrogens (tertiary/aromatic N) is 2. The summed E-state index contributed by atoms with van der Waals surface area (Å²) in [5.41, 5.74) is 0.892. The first-order chi connectivity index (χ1) is 6.19. The predicted octanol–water partition coefficient (Wildman–Crippen LogP) is 2.09. The summed E-state index contributed by atoms with van der Waals surface area (Å²) in [5.74, 6) is -0.0795. The maximum atomic E-state index is 9.34. The standard InChI is InChI=1S/C9H5BrN2O/c10-8-4-6(1-2-11)3-7(5-12)9(8)13/h3-4,13H,1H2. The maximum absolute atomic E-state index is 9.34. The van der Waals surface area contributed by atoms with E-state index in [-0.39, 0.29) is 17.7 Å². The summed E-state index contributed by atoms with van der Waals surface area (Å²) in [7, 11) is 0. The molecule has 64 valence electrons. The summed E-state index contributed by atoms with van der Waals surface area (Å²) in [6.07, 6.45) is 0.230. The summed E-state index contributed by atoms with van der Waals surface area (Å²) in [5, 5.41) is 26.4. The third kappa shape index (κ3) is 1.99. The van der Waals surface area contributed by atoms with E-state index in [0.717, 1.165) is 0 Å². The highest BCUT2D eigenvalue weighted by atomic mass is 79.9. The van der Waals surface area contributed by atoms with Crippen LogP contribution in [0.1, 0.15) is 11.1 Å². The van der Waals surface area contributed by atoms with Crippen molar-refractivity contribution in [3.8, 4) is 17.9 Å². The van der Waals surface area contributed by atoms with Crippen LogP contribution >= 0.6 is 15.9 Å². The fourth-order valence-electron chi connectivity index (χ4n) is 0.934. The zero-order chi connectivity index (χ0) is 9.84. The van der Waals surface area contributed by atoms with E-state index in [1.165, 1.54) is 6.07 Å². The third-order valence-corrected chi connectivity index (χ3v) is 2.13. The summed E-state index contributed by atoms with van der Waals surface area (Å²) < 4.78 is 0.441. The number of hydrogen-bond acceptors (Lipinski definition) is 3. The van der Waals surface area contributed by atoms with Gasteiger partial charge < -0.3 is 5.11 Å². The molecule has 0 spiro atoms. The Labute approximate surface area is 84.0 Å². The van der Waals surface area contributed by atoms with E-state index < -0.39 is 0 Å². The van der Waals surface area contributed by atoms with Crippen molar-refractivity contribution < 1.29 is 5.11 Å². The quantitative estimate of drug-likeness (QED) is 0.812. The minimum Gasteiger partial charge on any atom is -0.505 e. The summed E-state index contributed by atoms with van der Waals surface area (Å²) >= 11 is 3.10. The highest BCUT2D eigenvalue weighted by Crippen LogP contribution is 2.28. The summed E-state index contributed by atoms with van der Waals surface area (Å²) in [4.78, 5) is 0. The lowest BCUT2D eigenvalue weighted by molar-refractivity contribution is 0.470. The molecule has 0 aromatic heterocycles. The van der Waals surface area contributed by atoms with Crippen LogP contribution in [-0.2, 0) is 6.42 Å². The van der Waals surface area contributed by atoms with Crippen LogP contribution in [0.5, 0.6) is 5.75 Å². The molecule has 0 saturated carbocycles. The lowest BCUT2D eigenvalue weighted by Crippen LogP contribution is -1.85. The Balaban J connectivity index is 3.26. The summed E-state index contributed by atoms with van der Waals surface area (Å²) in [6, 6.07) is 6.94. The van der Waals surface area contributed by atoms with Gasteiger partial charge >= 0.3 is 0 Å². The molecule has 0 aliphatic heterocycles. The van der Waals surface area contributed by atoms with Gasteiger partial charge in [0.25, 0.3) is 0 Å². The van der Waals surface area contributed by atoms with Gasteiger partial charge in [-0.25, -0.2) is 0 Å². The molecule has 3 nitrogen and oxygen atoms in total. The van der Waals surface area contributed by atoms with E-state index in [4.69, 9.17) is 10.5 Å². The first-order valence-electron chi connectivity index (χ1n) is 3.47. The second-order valence-electron chi connectivity index (χ2n) is 2.42. The SMILES string of the molecule is N#CCc1cc(Br)c(O)c(C#N)c1. The van der Waals surface area contributed by atoms with E-state index >= 15 is 0 Å². The lowest BCUT2D eigenvalue weighted by Gasteiger charge is -2.01. The molecule has 1 aromatic carbocycles. The van der Waals surface area contributed by atoms with Crippen molar-refractivity contribution in [2.24, 2.45) is 0 Å². The predicted molar refractivity (Wildman–Crippen MR) is 49.8 cm³/mol. The minimum atomic E-state index is -0.0795. The molecule has 0 amide bonds. The van der Waals surface area contributed by atoms with Gasteiger partial charge in [-0.05, 0) is 33.6 Å². The Morgan fingerprint density at radius 1 is 1.38 bits per heavy atom. The van der Waals surface area contributed by atoms with Crippen molar-refractivity contribution in [1.29, 1.82) is 10.5 Å². The maximum Gasteiger partial charge on any atom is 0.147 e. The van der Waals surface area contributed by atoms with Gasteiger partial charge in [-0.3, -0.25) is 0 Å². The first kappa shape index (κ1) is 9.57. The molecule has 0 aliphatic rings. The molecular weight excluding hydrogens is 232 g/mol. The largest absolute Gasteiger partial charge is 0.505 e. The van der Waals surface area contributed by atoms with Crippen molar-refractivity contribution in [2.75, 3.05) is 0 Å². The lowest BCUT2D eigenvalue weighted by atomic mass is 10.1. The molecule has 0 unspecified atom stereocenters. The minimum absolute atomic E-state index is 0.0795. The number of nitriles is 2. The van der Waals surface area contributed by atoms with Crippen LogP contribution in [0, 0.1) is 22.7 Å². The van der Waals surface area contributed by atoms with Gasteiger partial charge in [0.2, 0.25) is 0 Å². The number of benzene rings is 1. The van der Waals surface area contributed by atoms with Crippen LogP contribution in [0.2, 0.25) is 0 Å². The number of aromatic hydroxyl groups is 1. The molecule has 0 aliphatic carbocycles. The monoisotopic (exact) mass is 236 g/mol. The molecule has 0 saturated heterocycles. The Morgan fingerprint density at radius 3 is 2.62 bits per heavy atom. The fraction of sp³-hybridized carbons (Fsp3) is 0.111. The van der Waals surface area contributed by atoms with E-state index in [9.17, 15) is 5.11 Å². The van der Waals surface area contributed by atoms with Gasteiger partial charge in [-0.2, -0.15) is 10.5 Å². The molecule has 4 heteroatoms. The van der Waals surface area contributed by atoms with Gasteiger partial charge in [0.05, 0.1) is 22.5 Å². The Bertz CT molecular complexity index is 415. The van der Waals surface area contributed by atoms with Gasteiger partial charge in [0.1, 0.15) is 11.8 Å². The van der Waals surface area contributed by atoms with Crippen LogP contribution in [-0.4, -0.2) is 5.11 Å². The van der Waals surface area contributed by atoms with E-state index in [1.807, 2.05) is 12.1 Å². The van der Waals surface area contributed by atoms with Crippen LogP contribution in [0.4, 0.5) is 0 Å². The molecule has 13 heavy (non-hydrogen) atoms. The van der Waals surface area contributed by atoms with Crippen molar-refractivity contribution in [1.82, 2.24) is 0 Å². The third-order valence-electron chi connectivity index (χ3n) is 1.53. The fourth-order valence-corrected chi connectivity index (χ4v) is 1.44. The Hall–Kier alpha value is -1.52. The average molecular weight is 237 g/mol. The van der Waals surface area contributed by atoms with E-state index in [2.05, 4.69) is 15.9 Å². The number of phenolic OH excluding ortho intramolecular Hbond substituents is 1. The Morgan fingerprint density at radius 2 is 2.08 bits per heavy atom. The average Bonchev–Trinajstić information content (AvgIpc) is 2.11. The summed E-state index contributed by atoms with van der Waals surface area (Å²) in [6.45, 7) is 0. The van der Waals surface area contributed by atoms with Crippen LogP contribution in [0.3, 0.4) is 0 Å². The molecule has 1 N–H and O–H groups in total. The van der Waals surface area contributed by atoms with Crippen LogP contribution in [0.15, 0.2) is 16.6 Å². The van der Waals surface area contributed by atoms with E-state index in [1.54, 1.807) is 6.07 Å². The second-order valence-corrected chi connectivity index (χ2v) is 3.27. The molecule has 0 atom stereocenters. The van der Waals surface area contributed by atoms with Crippen molar-refractivity contribution in [3.05, 3.63) is 27.7 Å². The van der Waals surface area contributed by atoms with Gasteiger partial charge in [-0.15, -0.1) is 0 Å². The van der Waals surface area contributed by atoms with Crippen molar-refractivity contribution in [2.45, 2.75) is 6.42 Å². The van der Waals surface area contributed by atoms with Gasteiger partial charge in [-0.1, -0.05) is 0 Å². The molecule has 0 heterocycles. The molecule has 1 aromatic rings. The topological polar surface area (TPSA) is 67.8 Å². The normalized spacial score (nSPS) is 8.85. The molecule has 0 bridgehead atoms. The first-order valence-corrected chi connectivity index (χ1v) is 4.26. The van der Waals surface area contributed by atoms with Crippen molar-refractivity contribution in [3.63, 3.8) is 0 Å². The number of halogens is 1. The highest BCUT2D eigenvalue weighted by molar-refractivity contribution is 9.10. The molecular formula is C9H5BrN2O. The second kappa shape index (κ2) is 3.93. The zero-order valence-electron chi connectivity index (χ0n) is 6.58. The van der Waals surface area contributed by atoms with Crippen LogP contribution in [0.25, 0.3) is 0 Å². The molecule has 1 rings (SSSR count). The zero-order valence-corrected chi connectivity index (χ0v) is 8.17. The van der Waals surface area contributed by atoms with Gasteiger partial charge in [0, 0.05) is 0 Å². The smallest absolute Gasteiger partial charge is 0.147 e. The molecule has 0 radical (unpaired) electrons. The number of hydrogen-bond donors (Lipinski definition) is 1.